The second-order valence-corrected chi connectivity index (χ2v) is 9.76. The number of likely N-dealkylation sites (tertiary alicyclic amines) is 1. The number of aromatic nitrogens is 2. The number of carbonyl (C=O) groups excluding carboxylic acids is 1. The van der Waals surface area contributed by atoms with Crippen LogP contribution < -0.4 is 10.2 Å². The van der Waals surface area contributed by atoms with Crippen LogP contribution in [0, 0.1) is 6.92 Å². The lowest BCUT2D eigenvalue weighted by Crippen LogP contribution is -2.46. The van der Waals surface area contributed by atoms with E-state index < -0.39 is 0 Å². The van der Waals surface area contributed by atoms with E-state index in [4.69, 9.17) is 4.42 Å². The largest absolute Gasteiger partial charge is 0.465 e. The van der Waals surface area contributed by atoms with Crippen LogP contribution in [0.3, 0.4) is 0 Å². The van der Waals surface area contributed by atoms with Gasteiger partial charge in [0.05, 0.1) is 5.56 Å². The Morgan fingerprint density at radius 2 is 1.80 bits per heavy atom. The van der Waals surface area contributed by atoms with Crippen LogP contribution in [0.2, 0.25) is 0 Å². The fourth-order valence-corrected chi connectivity index (χ4v) is 6.05. The van der Waals surface area contributed by atoms with Crippen LogP contribution in [0.15, 0.2) is 4.42 Å². The molecular formula is C22H31N5O2S. The van der Waals surface area contributed by atoms with Gasteiger partial charge in [-0.05, 0) is 65.0 Å². The summed E-state index contributed by atoms with van der Waals surface area (Å²) in [7, 11) is 0. The number of aryl methyl sites for hydroxylation is 2. The molecule has 162 valence electrons. The topological polar surface area (TPSA) is 74.5 Å². The number of furan rings is 1. The van der Waals surface area contributed by atoms with Crippen LogP contribution in [0.1, 0.15) is 72.4 Å². The zero-order valence-electron chi connectivity index (χ0n) is 17.8. The van der Waals surface area contributed by atoms with Gasteiger partial charge in [-0.1, -0.05) is 17.8 Å². The number of amides is 1. The van der Waals surface area contributed by atoms with Gasteiger partial charge in [-0.25, -0.2) is 0 Å². The van der Waals surface area contributed by atoms with Gasteiger partial charge >= 0.3 is 0 Å². The standard InChI is InChI=1S/C22H31N5O2S/c1-15-19(17-7-3-4-8-18(17)29-15)20(28)23-21-24-25-22(30-21)27-13-9-16(10-14-27)26-11-5-2-6-12-26/h16H,2-14H2,1H3,(H,23,24,28). The van der Waals surface area contributed by atoms with Gasteiger partial charge in [0.15, 0.2) is 0 Å². The molecule has 0 saturated carbocycles. The van der Waals surface area contributed by atoms with E-state index in [1.165, 1.54) is 56.5 Å². The Morgan fingerprint density at radius 3 is 2.60 bits per heavy atom. The average Bonchev–Trinajstić information content (AvgIpc) is 3.38. The summed E-state index contributed by atoms with van der Waals surface area (Å²) in [6.45, 7) is 6.43. The molecule has 3 aliphatic rings. The van der Waals surface area contributed by atoms with Crippen molar-refractivity contribution in [2.75, 3.05) is 36.4 Å². The van der Waals surface area contributed by atoms with Crippen LogP contribution in [0.25, 0.3) is 0 Å². The quantitative estimate of drug-likeness (QED) is 0.791. The molecule has 4 heterocycles. The molecule has 1 amide bonds. The number of piperidine rings is 2. The lowest BCUT2D eigenvalue weighted by molar-refractivity contribution is 0.102. The number of nitrogens with zero attached hydrogens (tertiary/aromatic N) is 4. The van der Waals surface area contributed by atoms with Crippen molar-refractivity contribution < 1.29 is 9.21 Å². The highest BCUT2D eigenvalue weighted by Gasteiger charge is 2.28. The van der Waals surface area contributed by atoms with Gasteiger partial charge in [0.1, 0.15) is 11.5 Å². The Morgan fingerprint density at radius 1 is 1.03 bits per heavy atom. The van der Waals surface area contributed by atoms with Crippen molar-refractivity contribution >= 4 is 27.5 Å². The zero-order chi connectivity index (χ0) is 20.5. The lowest BCUT2D eigenvalue weighted by atomic mass is 9.94. The van der Waals surface area contributed by atoms with Gasteiger partial charge in [-0.15, -0.1) is 10.2 Å². The Balaban J connectivity index is 1.20. The van der Waals surface area contributed by atoms with E-state index in [0.717, 1.165) is 55.2 Å². The maximum absolute atomic E-state index is 12.9. The zero-order valence-corrected chi connectivity index (χ0v) is 18.6. The SMILES string of the molecule is Cc1oc2c(c1C(=O)Nc1nnc(N3CCC(N4CCCCC4)CC3)s1)CCCC2. The lowest BCUT2D eigenvalue weighted by Gasteiger charge is -2.40. The molecule has 0 unspecified atom stereocenters. The summed E-state index contributed by atoms with van der Waals surface area (Å²) in [6, 6.07) is 0.712. The van der Waals surface area contributed by atoms with E-state index in [1.54, 1.807) is 0 Å². The Kier molecular flexibility index (Phi) is 5.78. The summed E-state index contributed by atoms with van der Waals surface area (Å²) in [6.07, 6.45) is 10.5. The summed E-state index contributed by atoms with van der Waals surface area (Å²) >= 11 is 1.47. The van der Waals surface area contributed by atoms with E-state index in [-0.39, 0.29) is 5.91 Å². The second kappa shape index (κ2) is 8.67. The van der Waals surface area contributed by atoms with Gasteiger partial charge < -0.3 is 14.2 Å². The van der Waals surface area contributed by atoms with Gasteiger partial charge in [0.2, 0.25) is 10.3 Å². The highest BCUT2D eigenvalue weighted by atomic mass is 32.1. The molecule has 2 aromatic rings. The maximum Gasteiger partial charge on any atom is 0.261 e. The molecule has 2 aromatic heterocycles. The van der Waals surface area contributed by atoms with Crippen molar-refractivity contribution in [2.45, 2.75) is 70.8 Å². The van der Waals surface area contributed by atoms with Gasteiger partial charge in [-0.3, -0.25) is 10.1 Å². The molecule has 0 radical (unpaired) electrons. The third kappa shape index (κ3) is 3.99. The first-order valence-electron chi connectivity index (χ1n) is 11.4. The molecule has 1 aliphatic carbocycles. The van der Waals surface area contributed by atoms with Crippen LogP contribution in [-0.4, -0.2) is 53.2 Å². The minimum absolute atomic E-state index is 0.120. The minimum atomic E-state index is -0.120. The normalized spacial score (nSPS) is 20.9. The van der Waals surface area contributed by atoms with E-state index in [9.17, 15) is 4.79 Å². The first-order valence-corrected chi connectivity index (χ1v) is 12.3. The van der Waals surface area contributed by atoms with Crippen molar-refractivity contribution in [1.82, 2.24) is 15.1 Å². The average molecular weight is 430 g/mol. The molecule has 2 fully saturated rings. The number of rotatable bonds is 4. The van der Waals surface area contributed by atoms with Crippen molar-refractivity contribution in [3.05, 3.63) is 22.6 Å². The smallest absolute Gasteiger partial charge is 0.261 e. The van der Waals surface area contributed by atoms with Crippen molar-refractivity contribution in [3.63, 3.8) is 0 Å². The molecule has 0 atom stereocenters. The van der Waals surface area contributed by atoms with Gasteiger partial charge in [0.25, 0.3) is 5.91 Å². The number of anilines is 2. The molecular weight excluding hydrogens is 398 g/mol. The third-order valence-electron chi connectivity index (χ3n) is 6.85. The molecule has 2 aliphatic heterocycles. The summed E-state index contributed by atoms with van der Waals surface area (Å²) in [4.78, 5) is 17.9. The number of fused-ring (bicyclic) bond motifs is 1. The van der Waals surface area contributed by atoms with Gasteiger partial charge in [-0.2, -0.15) is 0 Å². The number of hydrogen-bond donors (Lipinski definition) is 1. The predicted octanol–water partition coefficient (Wildman–Crippen LogP) is 4.03. The number of carbonyl (C=O) groups is 1. The highest BCUT2D eigenvalue weighted by Crippen LogP contribution is 2.32. The fraction of sp³-hybridized carbons (Fsp3) is 0.682. The van der Waals surface area contributed by atoms with E-state index in [1.807, 2.05) is 6.92 Å². The molecule has 0 aromatic carbocycles. The molecule has 2 saturated heterocycles. The summed E-state index contributed by atoms with van der Waals surface area (Å²) in [5.41, 5.74) is 1.78. The van der Waals surface area contributed by atoms with Crippen molar-refractivity contribution in [1.29, 1.82) is 0 Å². The second-order valence-electron chi connectivity index (χ2n) is 8.80. The van der Waals surface area contributed by atoms with E-state index in [2.05, 4.69) is 25.3 Å². The summed E-state index contributed by atoms with van der Waals surface area (Å²) in [5, 5.41) is 13.1. The Hall–Kier alpha value is -1.93. The van der Waals surface area contributed by atoms with E-state index >= 15 is 0 Å². The minimum Gasteiger partial charge on any atom is -0.465 e. The molecule has 8 heteroatoms. The molecule has 1 N–H and O–H groups in total. The summed E-state index contributed by atoms with van der Waals surface area (Å²) < 4.78 is 5.85. The molecule has 30 heavy (non-hydrogen) atoms. The number of hydrogen-bond acceptors (Lipinski definition) is 7. The van der Waals surface area contributed by atoms with E-state index in [0.29, 0.717) is 22.5 Å². The first kappa shape index (κ1) is 20.0. The van der Waals surface area contributed by atoms with Gasteiger partial charge in [0, 0.05) is 31.1 Å². The Labute approximate surface area is 181 Å². The molecule has 5 rings (SSSR count). The van der Waals surface area contributed by atoms with Crippen LogP contribution >= 0.6 is 11.3 Å². The van der Waals surface area contributed by atoms with Crippen LogP contribution in [-0.2, 0) is 12.8 Å². The summed E-state index contributed by atoms with van der Waals surface area (Å²) in [5.74, 6) is 1.58. The van der Waals surface area contributed by atoms with Crippen LogP contribution in [0.4, 0.5) is 10.3 Å². The van der Waals surface area contributed by atoms with Crippen molar-refractivity contribution in [2.24, 2.45) is 0 Å². The van der Waals surface area contributed by atoms with Crippen LogP contribution in [0.5, 0.6) is 0 Å². The number of nitrogens with one attached hydrogen (secondary N) is 1. The first-order chi connectivity index (χ1) is 14.7. The molecule has 7 nitrogen and oxygen atoms in total. The monoisotopic (exact) mass is 429 g/mol. The van der Waals surface area contributed by atoms with Crippen molar-refractivity contribution in [3.8, 4) is 0 Å². The predicted molar refractivity (Wildman–Crippen MR) is 119 cm³/mol. The molecule has 0 bridgehead atoms. The Bertz CT molecular complexity index is 893. The fourth-order valence-electron chi connectivity index (χ4n) is 5.26. The third-order valence-corrected chi connectivity index (χ3v) is 7.75. The maximum atomic E-state index is 12.9. The molecule has 0 spiro atoms. The highest BCUT2D eigenvalue weighted by molar-refractivity contribution is 7.19.